The molecule has 0 amide bonds. The number of halogens is 1. The van der Waals surface area contributed by atoms with E-state index in [1.165, 1.54) is 153 Å². The lowest BCUT2D eigenvalue weighted by Gasteiger charge is -2.26. The molecule has 0 aliphatic carbocycles. The van der Waals surface area contributed by atoms with Crippen molar-refractivity contribution in [1.29, 1.82) is 0 Å². The van der Waals surface area contributed by atoms with Crippen molar-refractivity contribution in [2.45, 2.75) is 7.43 Å². The standard InChI is InChI=1S/C62H41N3.C56H37N3.C6H5Br.CH4/c1-3-18-48(19-4-1)63(52-37-29-42-15-7-8-17-46(42)39-52)50-35-30-45(31-36-50)56-40-47(41-57-54-23-11-13-25-58(54)65(62(56)57)49-20-5-2-6-21-49)43-27-33-51(34-28-43)64-59-26-14-12-24-55(59)61-53-22-10-9-16-44(53)32-38-60(61)64;1-2-15-43(16-3-1)58(46-32-24-37-12-4-5-14-41(37)34-46)44-30-25-40(26-31-44)50-35-42(36-51-48-18-8-10-20-52(48)57-56(50)51)38-22-28-45(29-23-38)59-53-21-11-9-19-49(53)55-47-17-7-6-13-39(47)27-33-54(55)59;7-6-4-2-1-3-5-6;/h1-41H;1-36,57H;1-5H;1H4. The molecule has 132 heavy (non-hydrogen) atoms. The molecule has 0 saturated heterocycles. The number of nitrogens with one attached hydrogen (secondary N) is 1. The van der Waals surface area contributed by atoms with Gasteiger partial charge in [0, 0.05) is 115 Å². The van der Waals surface area contributed by atoms with Crippen molar-refractivity contribution in [3.63, 3.8) is 0 Å². The molecule has 624 valence electrons. The molecule has 4 heterocycles. The normalized spacial score (nSPS) is 11.5. The van der Waals surface area contributed by atoms with Gasteiger partial charge in [0.2, 0.25) is 0 Å². The average molecular weight is 1750 g/mol. The van der Waals surface area contributed by atoms with Crippen LogP contribution in [-0.2, 0) is 0 Å². The molecule has 0 aliphatic rings. The lowest BCUT2D eigenvalue weighted by Crippen LogP contribution is -2.09. The molecule has 26 rings (SSSR count). The van der Waals surface area contributed by atoms with E-state index in [1.54, 1.807) is 0 Å². The summed E-state index contributed by atoms with van der Waals surface area (Å²) in [5.74, 6) is 0. The monoisotopic (exact) mass is 1750 g/mol. The SMILES string of the molecule is Brc1ccccc1.C.c1ccc(N(c2ccc(-c3cc(-c4ccc(-n5c6ccccc6c6c7ccccc7ccc65)cc4)cc4c3[nH]c3ccccc34)cc2)c2ccc3ccccc3c2)cc1.c1ccc(N(c2ccc(-c3cc(-c4ccc(-n5c6ccccc6c6c7ccccc7ccc65)cc4)cc4c5ccccc5n(-c5ccccc5)c34)cc2)c2ccc3ccccc3c2)cc1. The average Bonchev–Trinajstić information content (AvgIpc) is 1.58. The first-order chi connectivity index (χ1) is 64.9. The molecule has 0 atom stereocenters. The Morgan fingerprint density at radius 2 is 0.538 bits per heavy atom. The number of anilines is 6. The first kappa shape index (κ1) is 79.8. The van der Waals surface area contributed by atoms with Crippen LogP contribution in [0.5, 0.6) is 0 Å². The maximum absolute atomic E-state index is 3.79. The smallest absolute Gasteiger partial charge is 0.0619 e. The van der Waals surface area contributed by atoms with E-state index in [1.807, 2.05) is 30.3 Å². The van der Waals surface area contributed by atoms with Crippen LogP contribution in [0.3, 0.4) is 0 Å². The van der Waals surface area contributed by atoms with Gasteiger partial charge in [-0.3, -0.25) is 0 Å². The van der Waals surface area contributed by atoms with Crippen LogP contribution in [0.4, 0.5) is 34.1 Å². The second kappa shape index (κ2) is 34.1. The van der Waals surface area contributed by atoms with Crippen molar-refractivity contribution >= 4 is 180 Å². The molecule has 7 heteroatoms. The van der Waals surface area contributed by atoms with E-state index in [4.69, 9.17) is 0 Å². The number of aromatic nitrogens is 4. The Balaban J connectivity index is 0.000000139. The van der Waals surface area contributed by atoms with Crippen molar-refractivity contribution < 1.29 is 0 Å². The molecule has 0 fully saturated rings. The zero-order valence-electron chi connectivity index (χ0n) is 71.5. The minimum Gasteiger partial charge on any atom is -0.354 e. The maximum Gasteiger partial charge on any atom is 0.0619 e. The van der Waals surface area contributed by atoms with Crippen LogP contribution in [-0.4, -0.2) is 18.7 Å². The number of rotatable bonds is 13. The molecule has 0 radical (unpaired) electrons. The van der Waals surface area contributed by atoms with Gasteiger partial charge in [-0.05, 0) is 258 Å². The minimum absolute atomic E-state index is 0. The van der Waals surface area contributed by atoms with E-state index >= 15 is 0 Å². The summed E-state index contributed by atoms with van der Waals surface area (Å²) in [5.41, 5.74) is 29.0. The summed E-state index contributed by atoms with van der Waals surface area (Å²) in [6.45, 7) is 0. The highest BCUT2D eigenvalue weighted by molar-refractivity contribution is 9.10. The van der Waals surface area contributed by atoms with Crippen LogP contribution in [0.15, 0.2) is 502 Å². The van der Waals surface area contributed by atoms with Gasteiger partial charge in [0.1, 0.15) is 0 Å². The van der Waals surface area contributed by atoms with Gasteiger partial charge in [-0.1, -0.05) is 339 Å². The Morgan fingerprint density at radius 3 is 1.02 bits per heavy atom. The van der Waals surface area contributed by atoms with E-state index in [9.17, 15) is 0 Å². The predicted molar refractivity (Wildman–Crippen MR) is 567 cm³/mol. The fraction of sp³-hybridized carbons (Fsp3) is 0.00800. The molecular formula is C125H87BrN6. The van der Waals surface area contributed by atoms with Gasteiger partial charge in [-0.25, -0.2) is 0 Å². The predicted octanol–water partition coefficient (Wildman–Crippen LogP) is 35.6. The topological polar surface area (TPSA) is 37.1 Å². The van der Waals surface area contributed by atoms with Crippen LogP contribution in [0.25, 0.3) is 192 Å². The third kappa shape index (κ3) is 14.3. The number of hydrogen-bond acceptors (Lipinski definition) is 2. The van der Waals surface area contributed by atoms with Gasteiger partial charge in [-0.2, -0.15) is 0 Å². The first-order valence-corrected chi connectivity index (χ1v) is 45.5. The van der Waals surface area contributed by atoms with Crippen molar-refractivity contribution in [1.82, 2.24) is 18.7 Å². The van der Waals surface area contributed by atoms with Crippen LogP contribution < -0.4 is 9.80 Å². The van der Waals surface area contributed by atoms with Gasteiger partial charge >= 0.3 is 0 Å². The molecule has 6 nitrogen and oxygen atoms in total. The molecule has 4 aromatic heterocycles. The van der Waals surface area contributed by atoms with Crippen LogP contribution >= 0.6 is 15.9 Å². The Hall–Kier alpha value is -16.8. The molecule has 26 aromatic rings. The number of benzene rings is 22. The third-order valence-corrected chi connectivity index (χ3v) is 26.6. The summed E-state index contributed by atoms with van der Waals surface area (Å²) in [4.78, 5) is 8.48. The molecular weight excluding hydrogens is 1670 g/mol. The zero-order valence-corrected chi connectivity index (χ0v) is 73.0. The highest BCUT2D eigenvalue weighted by Crippen LogP contribution is 2.48. The molecule has 0 saturated carbocycles. The first-order valence-electron chi connectivity index (χ1n) is 44.7. The lowest BCUT2D eigenvalue weighted by atomic mass is 9.95. The highest BCUT2D eigenvalue weighted by Gasteiger charge is 2.24. The zero-order chi connectivity index (χ0) is 86.8. The van der Waals surface area contributed by atoms with Crippen molar-refractivity contribution in [3.05, 3.63) is 502 Å². The number of aromatic amines is 1. The lowest BCUT2D eigenvalue weighted by molar-refractivity contribution is 1.18. The van der Waals surface area contributed by atoms with E-state index in [0.29, 0.717) is 0 Å². The molecule has 0 unspecified atom stereocenters. The van der Waals surface area contributed by atoms with Crippen molar-refractivity contribution in [2.75, 3.05) is 9.80 Å². The van der Waals surface area contributed by atoms with E-state index in [2.05, 4.69) is 512 Å². The summed E-state index contributed by atoms with van der Waals surface area (Å²) >= 11 is 3.31. The molecule has 22 aromatic carbocycles. The minimum atomic E-state index is 0. The third-order valence-electron chi connectivity index (χ3n) is 26.1. The van der Waals surface area contributed by atoms with Gasteiger partial charge in [0.05, 0.1) is 38.6 Å². The number of para-hydroxylation sites is 7. The summed E-state index contributed by atoms with van der Waals surface area (Å²) in [7, 11) is 0. The number of nitrogens with zero attached hydrogens (tertiary/aromatic N) is 5. The molecule has 1 N–H and O–H groups in total. The van der Waals surface area contributed by atoms with Gasteiger partial charge in [-0.15, -0.1) is 0 Å². The maximum atomic E-state index is 3.79. The molecule has 0 spiro atoms. The van der Waals surface area contributed by atoms with Crippen LogP contribution in [0.1, 0.15) is 7.43 Å². The van der Waals surface area contributed by atoms with Crippen molar-refractivity contribution in [2.24, 2.45) is 0 Å². The Bertz CT molecular complexity index is 8820. The summed E-state index contributed by atoms with van der Waals surface area (Å²) < 4.78 is 8.40. The number of fused-ring (bicyclic) bond motifs is 18. The summed E-state index contributed by atoms with van der Waals surface area (Å²) in [6, 6.07) is 180. The molecule has 0 bridgehead atoms. The fourth-order valence-electron chi connectivity index (χ4n) is 20.0. The summed E-state index contributed by atoms with van der Waals surface area (Å²) in [5, 5.41) is 20.0. The quantitative estimate of drug-likeness (QED) is 0.125. The Morgan fingerprint density at radius 1 is 0.197 bits per heavy atom. The van der Waals surface area contributed by atoms with Crippen molar-refractivity contribution in [3.8, 4) is 61.6 Å². The highest BCUT2D eigenvalue weighted by atomic mass is 79.9. The van der Waals surface area contributed by atoms with E-state index in [0.717, 1.165) is 77.8 Å². The second-order valence-electron chi connectivity index (χ2n) is 33.7. The van der Waals surface area contributed by atoms with Gasteiger partial charge < -0.3 is 28.5 Å². The fourth-order valence-corrected chi connectivity index (χ4v) is 20.3. The van der Waals surface area contributed by atoms with Gasteiger partial charge in [0.25, 0.3) is 0 Å². The van der Waals surface area contributed by atoms with E-state index < -0.39 is 0 Å². The Kier molecular flexibility index (Phi) is 20.6. The number of H-pyrrole nitrogens is 1. The second-order valence-corrected chi connectivity index (χ2v) is 34.6. The van der Waals surface area contributed by atoms with E-state index in [-0.39, 0.29) is 7.43 Å². The number of hydrogen-bond donors (Lipinski definition) is 1. The van der Waals surface area contributed by atoms with Crippen LogP contribution in [0, 0.1) is 0 Å². The molecule has 0 aliphatic heterocycles. The summed E-state index contributed by atoms with van der Waals surface area (Å²) in [6.07, 6.45) is 0. The largest absolute Gasteiger partial charge is 0.354 e. The van der Waals surface area contributed by atoms with Crippen LogP contribution in [0.2, 0.25) is 0 Å². The Labute approximate surface area is 774 Å². The van der Waals surface area contributed by atoms with Gasteiger partial charge in [0.15, 0.2) is 0 Å².